The van der Waals surface area contributed by atoms with Gasteiger partial charge in [-0.1, -0.05) is 11.6 Å². The Balaban J connectivity index is 1.77. The number of thiazole rings is 1. The fraction of sp³-hybridized carbons (Fsp3) is 0.133. The van der Waals surface area contributed by atoms with E-state index in [0.29, 0.717) is 10.7 Å². The van der Waals surface area contributed by atoms with E-state index in [-0.39, 0.29) is 18.4 Å². The first-order valence-electron chi connectivity index (χ1n) is 6.46. The van der Waals surface area contributed by atoms with Gasteiger partial charge in [0.25, 0.3) is 0 Å². The third-order valence-electron chi connectivity index (χ3n) is 2.59. The number of rotatable bonds is 5. The van der Waals surface area contributed by atoms with Crippen LogP contribution in [-0.4, -0.2) is 23.3 Å². The van der Waals surface area contributed by atoms with Gasteiger partial charge in [-0.05, 0) is 37.3 Å². The van der Waals surface area contributed by atoms with E-state index in [0.717, 1.165) is 10.7 Å². The Hall–Kier alpha value is -2.18. The van der Waals surface area contributed by atoms with Crippen molar-refractivity contribution in [3.63, 3.8) is 0 Å². The normalized spacial score (nSPS) is 10.6. The first-order valence-corrected chi connectivity index (χ1v) is 7.72. The zero-order valence-electron chi connectivity index (χ0n) is 11.8. The molecular weight excluding hydrogens is 322 g/mol. The minimum Gasteiger partial charge on any atom is -0.343 e. The van der Waals surface area contributed by atoms with E-state index in [1.54, 1.807) is 30.3 Å². The monoisotopic (exact) mass is 335 g/mol. The van der Waals surface area contributed by atoms with Crippen LogP contribution in [0.15, 0.2) is 35.7 Å². The number of halogens is 1. The number of benzene rings is 1. The molecular formula is C15H14ClN3O2S. The molecule has 2 N–H and O–H groups in total. The van der Waals surface area contributed by atoms with E-state index in [1.165, 1.54) is 17.4 Å². The van der Waals surface area contributed by atoms with Crippen molar-refractivity contribution in [2.24, 2.45) is 0 Å². The molecule has 0 aliphatic carbocycles. The van der Waals surface area contributed by atoms with Crippen molar-refractivity contribution in [2.75, 3.05) is 11.9 Å². The standard InChI is InChI=1S/C15H14ClN3O2S/c1-10-18-13(9-22-10)6-7-14(20)17-8-15(21)19-12-4-2-11(16)3-5-12/h2-7,9H,8H2,1H3,(H,17,20)(H,19,21)/b7-6+. The Labute approximate surface area is 137 Å². The van der Waals surface area contributed by atoms with Crippen molar-refractivity contribution in [2.45, 2.75) is 6.92 Å². The maximum absolute atomic E-state index is 11.7. The number of nitrogens with one attached hydrogen (secondary N) is 2. The summed E-state index contributed by atoms with van der Waals surface area (Å²) in [5, 5.41) is 8.54. The number of hydrogen-bond acceptors (Lipinski definition) is 4. The van der Waals surface area contributed by atoms with E-state index in [1.807, 2.05) is 12.3 Å². The third-order valence-corrected chi connectivity index (χ3v) is 3.64. The molecule has 0 saturated carbocycles. The molecule has 0 atom stereocenters. The molecule has 7 heteroatoms. The van der Waals surface area contributed by atoms with Crippen LogP contribution in [-0.2, 0) is 9.59 Å². The lowest BCUT2D eigenvalue weighted by molar-refractivity contribution is -0.121. The van der Waals surface area contributed by atoms with Crippen molar-refractivity contribution in [3.05, 3.63) is 51.4 Å². The summed E-state index contributed by atoms with van der Waals surface area (Å²) in [6.45, 7) is 1.78. The predicted molar refractivity (Wildman–Crippen MR) is 89.0 cm³/mol. The first-order chi connectivity index (χ1) is 10.5. The van der Waals surface area contributed by atoms with Crippen molar-refractivity contribution in [3.8, 4) is 0 Å². The maximum Gasteiger partial charge on any atom is 0.244 e. The van der Waals surface area contributed by atoms with Crippen LogP contribution in [0.5, 0.6) is 0 Å². The highest BCUT2D eigenvalue weighted by Crippen LogP contribution is 2.13. The van der Waals surface area contributed by atoms with Crippen LogP contribution in [0.4, 0.5) is 5.69 Å². The molecule has 1 aromatic carbocycles. The molecule has 0 spiro atoms. The SMILES string of the molecule is Cc1nc(/C=C/C(=O)NCC(=O)Nc2ccc(Cl)cc2)cs1. The number of carbonyl (C=O) groups is 2. The van der Waals surface area contributed by atoms with Gasteiger partial charge in [-0.2, -0.15) is 0 Å². The molecule has 2 amide bonds. The Morgan fingerprint density at radius 2 is 2.05 bits per heavy atom. The fourth-order valence-electron chi connectivity index (χ4n) is 1.58. The van der Waals surface area contributed by atoms with E-state index in [2.05, 4.69) is 15.6 Å². The van der Waals surface area contributed by atoms with Crippen LogP contribution in [0.2, 0.25) is 5.02 Å². The summed E-state index contributed by atoms with van der Waals surface area (Å²) in [5.41, 5.74) is 1.35. The van der Waals surface area contributed by atoms with Crippen LogP contribution in [0.25, 0.3) is 6.08 Å². The second-order valence-electron chi connectivity index (χ2n) is 4.40. The minimum absolute atomic E-state index is 0.109. The van der Waals surface area contributed by atoms with Gasteiger partial charge < -0.3 is 10.6 Å². The van der Waals surface area contributed by atoms with Crippen LogP contribution in [0.1, 0.15) is 10.7 Å². The molecule has 0 radical (unpaired) electrons. The fourth-order valence-corrected chi connectivity index (χ4v) is 2.29. The number of hydrogen-bond donors (Lipinski definition) is 2. The minimum atomic E-state index is -0.350. The van der Waals surface area contributed by atoms with Crippen molar-refractivity contribution in [1.82, 2.24) is 10.3 Å². The molecule has 5 nitrogen and oxygen atoms in total. The molecule has 0 bridgehead atoms. The number of aryl methyl sites for hydroxylation is 1. The average Bonchev–Trinajstić information content (AvgIpc) is 2.91. The molecule has 0 unspecified atom stereocenters. The Morgan fingerprint density at radius 1 is 1.32 bits per heavy atom. The summed E-state index contributed by atoms with van der Waals surface area (Å²) in [6, 6.07) is 6.72. The highest BCUT2D eigenvalue weighted by atomic mass is 35.5. The van der Waals surface area contributed by atoms with E-state index in [9.17, 15) is 9.59 Å². The largest absolute Gasteiger partial charge is 0.343 e. The molecule has 0 fully saturated rings. The van der Waals surface area contributed by atoms with E-state index in [4.69, 9.17) is 11.6 Å². The molecule has 0 aliphatic rings. The number of aromatic nitrogens is 1. The second-order valence-corrected chi connectivity index (χ2v) is 5.90. The molecule has 2 aromatic rings. The zero-order chi connectivity index (χ0) is 15.9. The quantitative estimate of drug-likeness (QED) is 0.825. The van der Waals surface area contributed by atoms with Crippen molar-refractivity contribution in [1.29, 1.82) is 0 Å². The Kier molecular flexibility index (Phi) is 5.68. The van der Waals surface area contributed by atoms with Gasteiger partial charge in [0.1, 0.15) is 0 Å². The van der Waals surface area contributed by atoms with Crippen LogP contribution >= 0.6 is 22.9 Å². The zero-order valence-corrected chi connectivity index (χ0v) is 13.4. The summed E-state index contributed by atoms with van der Waals surface area (Å²) in [6.07, 6.45) is 2.96. The van der Waals surface area contributed by atoms with Gasteiger partial charge >= 0.3 is 0 Å². The number of nitrogens with zero attached hydrogens (tertiary/aromatic N) is 1. The Bertz CT molecular complexity index is 695. The van der Waals surface area contributed by atoms with E-state index < -0.39 is 0 Å². The lowest BCUT2D eigenvalue weighted by Gasteiger charge is -2.05. The van der Waals surface area contributed by atoms with Gasteiger partial charge in [-0.25, -0.2) is 4.98 Å². The molecule has 1 aromatic heterocycles. The van der Waals surface area contributed by atoms with Crippen LogP contribution < -0.4 is 10.6 Å². The second kappa shape index (κ2) is 7.72. The summed E-state index contributed by atoms with van der Waals surface area (Å²) in [5.74, 6) is -0.662. The molecule has 0 saturated heterocycles. The summed E-state index contributed by atoms with van der Waals surface area (Å²) < 4.78 is 0. The topological polar surface area (TPSA) is 71.1 Å². The van der Waals surface area contributed by atoms with Gasteiger partial charge in [-0.3, -0.25) is 9.59 Å². The van der Waals surface area contributed by atoms with Gasteiger partial charge in [0.05, 0.1) is 17.2 Å². The Morgan fingerprint density at radius 3 is 2.68 bits per heavy atom. The molecule has 114 valence electrons. The number of anilines is 1. The van der Waals surface area contributed by atoms with Gasteiger partial charge in [0.15, 0.2) is 0 Å². The molecule has 1 heterocycles. The van der Waals surface area contributed by atoms with Gasteiger partial charge in [0, 0.05) is 22.2 Å². The smallest absolute Gasteiger partial charge is 0.244 e. The first kappa shape index (κ1) is 16.2. The number of amides is 2. The molecule has 0 aliphatic heterocycles. The highest BCUT2D eigenvalue weighted by Gasteiger charge is 2.04. The highest BCUT2D eigenvalue weighted by molar-refractivity contribution is 7.09. The van der Waals surface area contributed by atoms with Crippen molar-refractivity contribution >= 4 is 46.5 Å². The average molecular weight is 336 g/mol. The lowest BCUT2D eigenvalue weighted by Crippen LogP contribution is -2.31. The predicted octanol–water partition coefficient (Wildman–Crippen LogP) is 2.87. The van der Waals surface area contributed by atoms with Crippen molar-refractivity contribution < 1.29 is 9.59 Å². The molecule has 22 heavy (non-hydrogen) atoms. The summed E-state index contributed by atoms with van der Waals surface area (Å²) in [4.78, 5) is 27.5. The van der Waals surface area contributed by atoms with Crippen LogP contribution in [0.3, 0.4) is 0 Å². The summed E-state index contributed by atoms with van der Waals surface area (Å²) in [7, 11) is 0. The van der Waals surface area contributed by atoms with E-state index >= 15 is 0 Å². The number of carbonyl (C=O) groups excluding carboxylic acids is 2. The summed E-state index contributed by atoms with van der Waals surface area (Å²) >= 11 is 7.26. The third kappa shape index (κ3) is 5.31. The maximum atomic E-state index is 11.7. The van der Waals surface area contributed by atoms with Gasteiger partial charge in [-0.15, -0.1) is 11.3 Å². The lowest BCUT2D eigenvalue weighted by atomic mass is 10.3. The molecule has 2 rings (SSSR count). The van der Waals surface area contributed by atoms with Crippen LogP contribution in [0, 0.1) is 6.92 Å². The van der Waals surface area contributed by atoms with Gasteiger partial charge in [0.2, 0.25) is 11.8 Å².